The molecular weight excluding hydrogens is 502 g/mol. The van der Waals surface area contributed by atoms with Crippen molar-refractivity contribution in [3.63, 3.8) is 0 Å². The van der Waals surface area contributed by atoms with Crippen LogP contribution in [-0.2, 0) is 11.2 Å². The molecule has 0 bridgehead atoms. The number of fused-ring (bicyclic) bond motifs is 1. The highest BCUT2D eigenvalue weighted by Crippen LogP contribution is 2.32. The minimum Gasteiger partial charge on any atom is -0.382 e. The summed E-state index contributed by atoms with van der Waals surface area (Å²) < 4.78 is 5.74. The fourth-order valence-electron chi connectivity index (χ4n) is 6.37. The second-order valence-electron chi connectivity index (χ2n) is 11.6. The highest BCUT2D eigenvalue weighted by Gasteiger charge is 2.27. The van der Waals surface area contributed by atoms with Crippen LogP contribution in [0.15, 0.2) is 24.5 Å². The zero-order chi connectivity index (χ0) is 27.6. The Morgan fingerprint density at radius 3 is 2.48 bits per heavy atom. The van der Waals surface area contributed by atoms with E-state index in [1.165, 1.54) is 39.0 Å². The number of ether oxygens (including phenoxy) is 1. The molecule has 0 radical (unpaired) electrons. The minimum absolute atomic E-state index is 0.238. The van der Waals surface area contributed by atoms with E-state index < -0.39 is 0 Å². The van der Waals surface area contributed by atoms with Crippen LogP contribution in [0.1, 0.15) is 45.2 Å². The Bertz CT molecular complexity index is 1300. The second kappa shape index (κ2) is 11.8. The summed E-state index contributed by atoms with van der Waals surface area (Å²) in [5.41, 5.74) is 10.5. The maximum atomic E-state index is 6.29. The number of nitrogens with zero attached hydrogens (tertiary/aromatic N) is 7. The zero-order valence-corrected chi connectivity index (χ0v) is 24.1. The largest absolute Gasteiger partial charge is 0.382 e. The van der Waals surface area contributed by atoms with Crippen LogP contribution in [0.4, 0.5) is 17.5 Å². The van der Waals surface area contributed by atoms with Crippen molar-refractivity contribution in [3.8, 4) is 11.1 Å². The zero-order valence-electron chi connectivity index (χ0n) is 24.1. The molecule has 3 fully saturated rings. The molecule has 10 nitrogen and oxygen atoms in total. The lowest BCUT2D eigenvalue weighted by atomic mass is 10.0. The van der Waals surface area contributed by atoms with E-state index in [4.69, 9.17) is 25.4 Å². The number of piperidine rings is 1. The van der Waals surface area contributed by atoms with Crippen LogP contribution in [0.2, 0.25) is 0 Å². The number of anilines is 3. The molecule has 3 aromatic rings. The molecule has 3 aliphatic rings. The Hall–Kier alpha value is -3.08. The molecule has 6 heterocycles. The van der Waals surface area contributed by atoms with Gasteiger partial charge in [0.25, 0.3) is 0 Å². The van der Waals surface area contributed by atoms with Crippen molar-refractivity contribution in [2.75, 3.05) is 68.9 Å². The van der Waals surface area contributed by atoms with Crippen molar-refractivity contribution in [1.82, 2.24) is 29.7 Å². The molecule has 10 heteroatoms. The Labute approximate surface area is 237 Å². The maximum absolute atomic E-state index is 6.29. The number of hydrogen-bond donors (Lipinski definition) is 2. The lowest BCUT2D eigenvalue weighted by molar-refractivity contribution is 0.0231. The number of hydrogen-bond acceptors (Lipinski definition) is 10. The first-order chi connectivity index (χ1) is 19.5. The molecule has 0 amide bonds. The van der Waals surface area contributed by atoms with Crippen molar-refractivity contribution >= 4 is 28.5 Å². The Balaban J connectivity index is 1.21. The maximum Gasteiger partial charge on any atom is 0.151 e. The van der Waals surface area contributed by atoms with Gasteiger partial charge in [0.05, 0.1) is 11.8 Å². The summed E-state index contributed by atoms with van der Waals surface area (Å²) in [7, 11) is 2.22. The molecule has 2 atom stereocenters. The average molecular weight is 546 g/mol. The van der Waals surface area contributed by atoms with E-state index in [0.717, 1.165) is 72.9 Å². The number of aromatic nitrogens is 4. The summed E-state index contributed by atoms with van der Waals surface area (Å²) in [4.78, 5) is 26.9. The van der Waals surface area contributed by atoms with Crippen molar-refractivity contribution in [2.24, 2.45) is 0 Å². The lowest BCUT2D eigenvalue weighted by Gasteiger charge is -2.42. The van der Waals surface area contributed by atoms with Crippen molar-refractivity contribution in [2.45, 2.75) is 64.1 Å². The number of pyridine rings is 2. The highest BCUT2D eigenvalue weighted by molar-refractivity contribution is 5.96. The van der Waals surface area contributed by atoms with Gasteiger partial charge in [0.15, 0.2) is 5.82 Å². The summed E-state index contributed by atoms with van der Waals surface area (Å²) in [5, 5.41) is 3.66. The molecule has 3 N–H and O–H groups in total. The smallest absolute Gasteiger partial charge is 0.151 e. The summed E-state index contributed by atoms with van der Waals surface area (Å²) in [6.45, 7) is 11.8. The molecular formula is C30H43N9O. The third kappa shape index (κ3) is 5.70. The van der Waals surface area contributed by atoms with Crippen molar-refractivity contribution in [3.05, 3.63) is 30.2 Å². The molecule has 0 saturated carbocycles. The van der Waals surface area contributed by atoms with E-state index in [1.807, 2.05) is 6.20 Å². The quantitative estimate of drug-likeness (QED) is 0.478. The molecule has 0 aliphatic carbocycles. The van der Waals surface area contributed by atoms with Gasteiger partial charge in [-0.1, -0.05) is 6.92 Å². The van der Waals surface area contributed by atoms with Gasteiger partial charge in [-0.3, -0.25) is 4.90 Å². The predicted molar refractivity (Wildman–Crippen MR) is 161 cm³/mol. The standard InChI is InChI=1S/C30H43N9O/c1-4-25-30(34-22-9-16-40-20(2)17-22)36-27-24(19-33-29(31)28(27)35-25)21-5-6-26(32-18-21)39-10-7-23(8-11-39)38-14-12-37(3)13-15-38/h5-6,18-20,22-23H,4,7-17H2,1-3H3,(H2,31,33)(H,34,36). The molecule has 2 unspecified atom stereocenters. The van der Waals surface area contributed by atoms with Gasteiger partial charge in [0.1, 0.15) is 22.7 Å². The lowest BCUT2D eigenvalue weighted by Crippen LogP contribution is -2.52. The summed E-state index contributed by atoms with van der Waals surface area (Å²) >= 11 is 0. The van der Waals surface area contributed by atoms with E-state index in [1.54, 1.807) is 6.20 Å². The number of aryl methyl sites for hydroxylation is 1. The predicted octanol–water partition coefficient (Wildman–Crippen LogP) is 3.43. The first-order valence-corrected chi connectivity index (χ1v) is 15.0. The normalized spacial score (nSPS) is 23.5. The first kappa shape index (κ1) is 27.1. The van der Waals surface area contributed by atoms with Crippen molar-refractivity contribution < 1.29 is 4.74 Å². The second-order valence-corrected chi connectivity index (χ2v) is 11.6. The third-order valence-electron chi connectivity index (χ3n) is 8.86. The van der Waals surface area contributed by atoms with E-state index in [9.17, 15) is 0 Å². The molecule has 0 spiro atoms. The first-order valence-electron chi connectivity index (χ1n) is 15.0. The molecule has 6 rings (SSSR count). The van der Waals surface area contributed by atoms with Crippen LogP contribution < -0.4 is 16.0 Å². The van der Waals surface area contributed by atoms with Crippen LogP contribution in [0.3, 0.4) is 0 Å². The number of rotatable bonds is 6. The molecule has 214 valence electrons. The summed E-state index contributed by atoms with van der Waals surface area (Å²) in [5.74, 6) is 2.26. The van der Waals surface area contributed by atoms with E-state index >= 15 is 0 Å². The molecule has 3 saturated heterocycles. The topological polar surface area (TPSA) is 109 Å². The average Bonchev–Trinajstić information content (AvgIpc) is 2.98. The van der Waals surface area contributed by atoms with Gasteiger partial charge in [-0.25, -0.2) is 19.9 Å². The third-order valence-corrected chi connectivity index (χ3v) is 8.86. The Morgan fingerprint density at radius 1 is 0.975 bits per heavy atom. The van der Waals surface area contributed by atoms with E-state index in [2.05, 4.69) is 58.0 Å². The van der Waals surface area contributed by atoms with Gasteiger partial charge < -0.3 is 25.6 Å². The van der Waals surface area contributed by atoms with Crippen LogP contribution in [0.5, 0.6) is 0 Å². The number of likely N-dealkylation sites (N-methyl/N-ethyl adjacent to an activating group) is 1. The SMILES string of the molecule is CCc1nc2c(N)ncc(-c3ccc(N4CCC(N5CCN(C)CC5)CC4)nc3)c2nc1NC1CCOC(C)C1. The van der Waals surface area contributed by atoms with Crippen LogP contribution >= 0.6 is 0 Å². The number of nitrogen functional groups attached to an aromatic ring is 1. The Morgan fingerprint density at radius 2 is 1.77 bits per heavy atom. The summed E-state index contributed by atoms with van der Waals surface area (Å²) in [6.07, 6.45) is 9.03. The van der Waals surface area contributed by atoms with Gasteiger partial charge in [-0.2, -0.15) is 0 Å². The van der Waals surface area contributed by atoms with Crippen LogP contribution in [0, 0.1) is 0 Å². The monoisotopic (exact) mass is 545 g/mol. The minimum atomic E-state index is 0.238. The Kier molecular flexibility index (Phi) is 8.00. The van der Waals surface area contributed by atoms with Crippen LogP contribution in [-0.4, -0.2) is 101 Å². The molecule has 0 aromatic carbocycles. The van der Waals surface area contributed by atoms with Gasteiger partial charge in [-0.05, 0) is 58.2 Å². The molecule has 3 aliphatic heterocycles. The van der Waals surface area contributed by atoms with Gasteiger partial charge in [0, 0.05) is 81.5 Å². The van der Waals surface area contributed by atoms with Crippen LogP contribution in [0.25, 0.3) is 22.2 Å². The number of nitrogens with one attached hydrogen (secondary N) is 1. The van der Waals surface area contributed by atoms with Gasteiger partial charge in [-0.15, -0.1) is 0 Å². The van der Waals surface area contributed by atoms with Gasteiger partial charge >= 0.3 is 0 Å². The fraction of sp³-hybridized carbons (Fsp3) is 0.600. The number of nitrogens with two attached hydrogens (primary N) is 1. The van der Waals surface area contributed by atoms with Crippen molar-refractivity contribution in [1.29, 1.82) is 0 Å². The molecule has 40 heavy (non-hydrogen) atoms. The number of piperazine rings is 1. The van der Waals surface area contributed by atoms with Gasteiger partial charge in [0.2, 0.25) is 0 Å². The van der Waals surface area contributed by atoms with E-state index in [-0.39, 0.29) is 6.10 Å². The fourth-order valence-corrected chi connectivity index (χ4v) is 6.37. The highest BCUT2D eigenvalue weighted by atomic mass is 16.5. The summed E-state index contributed by atoms with van der Waals surface area (Å²) in [6, 6.07) is 5.26. The van der Waals surface area contributed by atoms with E-state index in [0.29, 0.717) is 23.4 Å². The molecule has 3 aromatic heterocycles.